The monoisotopic (exact) mass is 435 g/mol. The van der Waals surface area contributed by atoms with E-state index in [0.29, 0.717) is 23.4 Å². The second-order valence-corrected chi connectivity index (χ2v) is 7.46. The Morgan fingerprint density at radius 3 is 2.53 bits per heavy atom. The van der Waals surface area contributed by atoms with Crippen LogP contribution in [0.3, 0.4) is 0 Å². The lowest BCUT2D eigenvalue weighted by molar-refractivity contribution is -0.134. The van der Waals surface area contributed by atoms with E-state index in [4.69, 9.17) is 0 Å². The summed E-state index contributed by atoms with van der Waals surface area (Å²) in [6, 6.07) is 16.2. The number of aromatic nitrogens is 2. The topological polar surface area (TPSA) is 96.3 Å². The van der Waals surface area contributed by atoms with Gasteiger partial charge in [0.15, 0.2) is 0 Å². The van der Waals surface area contributed by atoms with Crippen LogP contribution in [0.4, 0.5) is 15.0 Å². The van der Waals surface area contributed by atoms with Crippen molar-refractivity contribution >= 4 is 23.7 Å². The molecule has 0 radical (unpaired) electrons. The van der Waals surface area contributed by atoms with Crippen molar-refractivity contribution in [3.05, 3.63) is 83.8 Å². The predicted molar refractivity (Wildman–Crippen MR) is 115 cm³/mol. The minimum Gasteiger partial charge on any atom is -0.319 e. The molecule has 1 aliphatic heterocycles. The lowest BCUT2D eigenvalue weighted by atomic mass is 9.87. The van der Waals surface area contributed by atoms with Gasteiger partial charge in [-0.1, -0.05) is 55.5 Å². The molecule has 1 aliphatic rings. The molecule has 0 spiro atoms. The number of rotatable bonds is 7. The number of carbonyl (C=O) groups excluding carboxylic acids is 3. The van der Waals surface area contributed by atoms with Crippen molar-refractivity contribution in [2.75, 3.05) is 11.9 Å². The van der Waals surface area contributed by atoms with Crippen LogP contribution in [0.25, 0.3) is 0 Å². The van der Waals surface area contributed by atoms with Crippen molar-refractivity contribution < 1.29 is 18.8 Å². The van der Waals surface area contributed by atoms with Gasteiger partial charge in [-0.3, -0.25) is 14.5 Å². The highest BCUT2D eigenvalue weighted by molar-refractivity contribution is 6.10. The smallest absolute Gasteiger partial charge is 0.319 e. The molecule has 2 heterocycles. The maximum Gasteiger partial charge on any atom is 0.325 e. The van der Waals surface area contributed by atoms with Crippen LogP contribution in [0.5, 0.6) is 0 Å². The number of carbonyl (C=O) groups is 3. The number of benzene rings is 2. The highest BCUT2D eigenvalue weighted by Crippen LogP contribution is 2.32. The summed E-state index contributed by atoms with van der Waals surface area (Å²) in [7, 11) is 0. The molecule has 4 amide bonds. The largest absolute Gasteiger partial charge is 0.325 e. The number of urea groups is 1. The number of nitrogens with one attached hydrogen (secondary N) is 2. The molecule has 1 saturated heterocycles. The van der Waals surface area contributed by atoms with Gasteiger partial charge >= 0.3 is 6.03 Å². The van der Waals surface area contributed by atoms with Crippen LogP contribution in [0, 0.1) is 5.82 Å². The highest BCUT2D eigenvalue weighted by Gasteiger charge is 2.51. The van der Waals surface area contributed by atoms with E-state index in [-0.39, 0.29) is 12.4 Å². The number of hydrogen-bond donors (Lipinski definition) is 2. The normalized spacial score (nSPS) is 18.0. The maximum absolute atomic E-state index is 14.0. The lowest BCUT2D eigenvalue weighted by Gasteiger charge is -2.25. The molecule has 0 saturated carbocycles. The van der Waals surface area contributed by atoms with Crippen molar-refractivity contribution in [2.24, 2.45) is 0 Å². The standard InChI is InChI=1S/C23H22FN5O3/c1-2-23(17-9-4-3-5-10-17)21(31)28(22(32)27-23)15-20(30)26-19-12-13-25-29(19)14-16-8-6-7-11-18(16)24/h3-13H,2,14-15H2,1H3,(H,26,30)(H,27,32). The van der Waals surface area contributed by atoms with Crippen LogP contribution in [-0.4, -0.2) is 39.1 Å². The predicted octanol–water partition coefficient (Wildman–Crippen LogP) is 2.87. The third kappa shape index (κ3) is 3.84. The van der Waals surface area contributed by atoms with E-state index in [1.165, 1.54) is 16.9 Å². The highest BCUT2D eigenvalue weighted by atomic mass is 19.1. The van der Waals surface area contributed by atoms with Gasteiger partial charge in [-0.2, -0.15) is 5.10 Å². The molecule has 1 aromatic heterocycles. The summed E-state index contributed by atoms with van der Waals surface area (Å²) in [5.41, 5.74) is -0.131. The molecule has 1 atom stereocenters. The number of amides is 4. The van der Waals surface area contributed by atoms with Crippen LogP contribution in [-0.2, 0) is 21.7 Å². The van der Waals surface area contributed by atoms with Gasteiger partial charge < -0.3 is 10.6 Å². The Bertz CT molecular complexity index is 1160. The molecule has 1 fully saturated rings. The van der Waals surface area contributed by atoms with E-state index < -0.39 is 29.9 Å². The molecular weight excluding hydrogens is 413 g/mol. The zero-order valence-corrected chi connectivity index (χ0v) is 17.4. The Labute approximate surface area is 184 Å². The van der Waals surface area contributed by atoms with E-state index >= 15 is 0 Å². The zero-order chi connectivity index (χ0) is 22.7. The molecule has 1 unspecified atom stereocenters. The molecule has 2 N–H and O–H groups in total. The number of imide groups is 1. The molecule has 9 heteroatoms. The molecule has 164 valence electrons. The first-order chi connectivity index (χ1) is 15.4. The minimum absolute atomic E-state index is 0.116. The third-order valence-electron chi connectivity index (χ3n) is 5.54. The molecule has 8 nitrogen and oxygen atoms in total. The first-order valence-electron chi connectivity index (χ1n) is 10.2. The van der Waals surface area contributed by atoms with Crippen molar-refractivity contribution in [3.63, 3.8) is 0 Å². The second-order valence-electron chi connectivity index (χ2n) is 7.46. The Morgan fingerprint density at radius 1 is 1.09 bits per heavy atom. The average Bonchev–Trinajstić information content (AvgIpc) is 3.33. The Balaban J connectivity index is 1.47. The fraction of sp³-hybridized carbons (Fsp3) is 0.217. The first kappa shape index (κ1) is 21.2. The molecule has 0 bridgehead atoms. The van der Waals surface area contributed by atoms with Gasteiger partial charge in [0.05, 0.1) is 12.7 Å². The number of halogens is 1. The van der Waals surface area contributed by atoms with E-state index in [1.807, 2.05) is 6.07 Å². The Morgan fingerprint density at radius 2 is 1.81 bits per heavy atom. The second kappa shape index (κ2) is 8.62. The van der Waals surface area contributed by atoms with Crippen LogP contribution < -0.4 is 10.6 Å². The van der Waals surface area contributed by atoms with Crippen molar-refractivity contribution in [1.29, 1.82) is 0 Å². The maximum atomic E-state index is 14.0. The Kier molecular flexibility index (Phi) is 5.72. The summed E-state index contributed by atoms with van der Waals surface area (Å²) in [6.45, 7) is 1.46. The van der Waals surface area contributed by atoms with Gasteiger partial charge in [0, 0.05) is 11.6 Å². The van der Waals surface area contributed by atoms with Gasteiger partial charge in [0.25, 0.3) is 5.91 Å². The van der Waals surface area contributed by atoms with E-state index in [2.05, 4.69) is 15.7 Å². The zero-order valence-electron chi connectivity index (χ0n) is 17.4. The van der Waals surface area contributed by atoms with Gasteiger partial charge in [-0.25, -0.2) is 13.9 Å². The van der Waals surface area contributed by atoms with E-state index in [9.17, 15) is 18.8 Å². The van der Waals surface area contributed by atoms with Crippen LogP contribution >= 0.6 is 0 Å². The number of nitrogens with zero attached hydrogens (tertiary/aromatic N) is 3. The summed E-state index contributed by atoms with van der Waals surface area (Å²) in [5, 5.41) is 9.51. The number of hydrogen-bond acceptors (Lipinski definition) is 4. The fourth-order valence-corrected chi connectivity index (χ4v) is 3.81. The van der Waals surface area contributed by atoms with Crippen molar-refractivity contribution in [1.82, 2.24) is 20.0 Å². The first-order valence-corrected chi connectivity index (χ1v) is 10.2. The molecule has 32 heavy (non-hydrogen) atoms. The van der Waals surface area contributed by atoms with E-state index in [0.717, 1.165) is 4.90 Å². The Hall–Kier alpha value is -4.01. The van der Waals surface area contributed by atoms with Gasteiger partial charge in [0.1, 0.15) is 23.7 Å². The van der Waals surface area contributed by atoms with Crippen LogP contribution in [0.1, 0.15) is 24.5 Å². The van der Waals surface area contributed by atoms with Gasteiger partial charge in [0.2, 0.25) is 5.91 Å². The minimum atomic E-state index is -1.20. The molecule has 3 aromatic rings. The SMILES string of the molecule is CCC1(c2ccccc2)NC(=O)N(CC(=O)Nc2ccnn2Cc2ccccc2F)C1=O. The summed E-state index contributed by atoms with van der Waals surface area (Å²) in [5.74, 6) is -1.10. The van der Waals surface area contributed by atoms with E-state index in [1.54, 1.807) is 55.5 Å². The van der Waals surface area contributed by atoms with Crippen LogP contribution in [0.15, 0.2) is 66.9 Å². The number of anilines is 1. The summed E-state index contributed by atoms with van der Waals surface area (Å²) in [6.07, 6.45) is 1.82. The average molecular weight is 435 g/mol. The van der Waals surface area contributed by atoms with Crippen LogP contribution in [0.2, 0.25) is 0 Å². The third-order valence-corrected chi connectivity index (χ3v) is 5.54. The molecule has 4 rings (SSSR count). The lowest BCUT2D eigenvalue weighted by Crippen LogP contribution is -2.44. The van der Waals surface area contributed by atoms with Crippen molar-refractivity contribution in [2.45, 2.75) is 25.4 Å². The van der Waals surface area contributed by atoms with Gasteiger partial charge in [-0.15, -0.1) is 0 Å². The molecule has 2 aromatic carbocycles. The molecular formula is C23H22FN5O3. The van der Waals surface area contributed by atoms with Crippen molar-refractivity contribution in [3.8, 4) is 0 Å². The quantitative estimate of drug-likeness (QED) is 0.558. The summed E-state index contributed by atoms with van der Waals surface area (Å²) in [4.78, 5) is 39.3. The fourth-order valence-electron chi connectivity index (χ4n) is 3.81. The van der Waals surface area contributed by atoms with Gasteiger partial charge in [-0.05, 0) is 18.1 Å². The summed E-state index contributed by atoms with van der Waals surface area (Å²) < 4.78 is 15.4. The summed E-state index contributed by atoms with van der Waals surface area (Å²) >= 11 is 0. The molecule has 0 aliphatic carbocycles.